The lowest BCUT2D eigenvalue weighted by Gasteiger charge is -2.42. The second-order valence-corrected chi connectivity index (χ2v) is 19.3. The van der Waals surface area contributed by atoms with Crippen molar-refractivity contribution in [3.63, 3.8) is 0 Å². The Morgan fingerprint density at radius 2 is 0.847 bits per heavy atom. The molecule has 0 spiro atoms. The molecule has 13 aromatic rings. The molecule has 340 valence electrons. The summed E-state index contributed by atoms with van der Waals surface area (Å²) in [5, 5.41) is 14.2. The predicted octanol–water partition coefficient (Wildman–Crippen LogP) is 17.7. The molecule has 14 rings (SSSR count). The molecule has 2 unspecified atom stereocenters. The van der Waals surface area contributed by atoms with Gasteiger partial charge in [-0.2, -0.15) is 0 Å². The van der Waals surface area contributed by atoms with E-state index in [1.54, 1.807) is 0 Å². The van der Waals surface area contributed by atoms with Gasteiger partial charge >= 0.3 is 0 Å². The number of nitrogens with zero attached hydrogens (tertiary/aromatic N) is 2. The van der Waals surface area contributed by atoms with E-state index in [0.717, 1.165) is 0 Å². The number of rotatable bonds is 7. The molecular formula is C69H49N3. The van der Waals surface area contributed by atoms with E-state index in [2.05, 4.69) is 283 Å². The first-order valence-corrected chi connectivity index (χ1v) is 25.0. The van der Waals surface area contributed by atoms with Crippen LogP contribution in [0.2, 0.25) is 0 Å². The van der Waals surface area contributed by atoms with Gasteiger partial charge in [0.05, 0.1) is 22.8 Å². The van der Waals surface area contributed by atoms with Crippen LogP contribution in [0.4, 0.5) is 5.69 Å². The molecule has 12 aromatic carbocycles. The number of fused-ring (bicyclic) bond motifs is 9. The third kappa shape index (κ3) is 6.85. The van der Waals surface area contributed by atoms with Crippen molar-refractivity contribution >= 4 is 59.8 Å². The van der Waals surface area contributed by atoms with E-state index < -0.39 is 0 Å². The molecule has 0 aliphatic carbocycles. The van der Waals surface area contributed by atoms with Crippen molar-refractivity contribution in [1.29, 1.82) is 0 Å². The Morgan fingerprint density at radius 3 is 1.57 bits per heavy atom. The first kappa shape index (κ1) is 41.9. The molecule has 3 heteroatoms. The zero-order chi connectivity index (χ0) is 47.7. The fourth-order valence-corrected chi connectivity index (χ4v) is 11.9. The summed E-state index contributed by atoms with van der Waals surface area (Å²) in [6, 6.07) is 96.0. The van der Waals surface area contributed by atoms with Gasteiger partial charge in [0.2, 0.25) is 0 Å². The first-order chi connectivity index (χ1) is 35.6. The van der Waals surface area contributed by atoms with Gasteiger partial charge in [-0.15, -0.1) is 0 Å². The van der Waals surface area contributed by atoms with Crippen molar-refractivity contribution in [3.05, 3.63) is 278 Å². The lowest BCUT2D eigenvalue weighted by atomic mass is 9.89. The average Bonchev–Trinajstić information content (AvgIpc) is 3.81. The summed E-state index contributed by atoms with van der Waals surface area (Å²) < 4.78 is 2.52. The largest absolute Gasteiger partial charge is 0.355 e. The van der Waals surface area contributed by atoms with Gasteiger partial charge in [-0.3, -0.25) is 5.32 Å². The van der Waals surface area contributed by atoms with Gasteiger partial charge in [0.1, 0.15) is 6.17 Å². The minimum Gasteiger partial charge on any atom is -0.355 e. The molecule has 0 fully saturated rings. The van der Waals surface area contributed by atoms with Crippen LogP contribution in [0, 0.1) is 0 Å². The second kappa shape index (κ2) is 17.1. The first-order valence-electron chi connectivity index (χ1n) is 25.0. The third-order valence-electron chi connectivity index (χ3n) is 15.3. The molecule has 0 bridgehead atoms. The number of anilines is 1. The highest BCUT2D eigenvalue weighted by molar-refractivity contribution is 6.29. The van der Waals surface area contributed by atoms with E-state index in [0.29, 0.717) is 0 Å². The summed E-state index contributed by atoms with van der Waals surface area (Å²) in [6.07, 6.45) is -0.109. The Bertz CT molecular complexity index is 4140. The van der Waals surface area contributed by atoms with Crippen molar-refractivity contribution in [3.8, 4) is 50.2 Å². The Labute approximate surface area is 419 Å². The van der Waals surface area contributed by atoms with Gasteiger partial charge in [-0.25, -0.2) is 0 Å². The Morgan fingerprint density at radius 1 is 0.333 bits per heavy atom. The number of benzene rings is 12. The lowest BCUT2D eigenvalue weighted by molar-refractivity contribution is 0.456. The monoisotopic (exact) mass is 919 g/mol. The number of aromatic nitrogens is 1. The highest BCUT2D eigenvalue weighted by atomic mass is 15.3. The maximum absolute atomic E-state index is 4.20. The van der Waals surface area contributed by atoms with Gasteiger partial charge < -0.3 is 9.47 Å². The summed E-state index contributed by atoms with van der Waals surface area (Å²) in [7, 11) is 2.23. The number of para-hydroxylation sites is 1. The van der Waals surface area contributed by atoms with Crippen molar-refractivity contribution in [1.82, 2.24) is 9.88 Å². The molecule has 0 radical (unpaired) electrons. The zero-order valence-corrected chi connectivity index (χ0v) is 39.9. The van der Waals surface area contributed by atoms with Crippen molar-refractivity contribution in [2.45, 2.75) is 12.2 Å². The van der Waals surface area contributed by atoms with Crippen molar-refractivity contribution in [2.75, 3.05) is 11.9 Å². The van der Waals surface area contributed by atoms with Crippen LogP contribution < -0.4 is 10.2 Å². The van der Waals surface area contributed by atoms with Gasteiger partial charge in [-0.1, -0.05) is 218 Å². The summed E-state index contributed by atoms with van der Waals surface area (Å²) in [6.45, 7) is 0. The van der Waals surface area contributed by atoms with Crippen LogP contribution in [0.15, 0.2) is 261 Å². The van der Waals surface area contributed by atoms with Gasteiger partial charge in [0.15, 0.2) is 0 Å². The van der Waals surface area contributed by atoms with Gasteiger partial charge in [-0.05, 0) is 131 Å². The number of hydrogen-bond acceptors (Lipinski definition) is 2. The van der Waals surface area contributed by atoms with Crippen LogP contribution in [-0.4, -0.2) is 11.6 Å². The summed E-state index contributed by atoms with van der Waals surface area (Å²) in [5.74, 6) is 0. The van der Waals surface area contributed by atoms with E-state index in [-0.39, 0.29) is 12.2 Å². The van der Waals surface area contributed by atoms with E-state index in [9.17, 15) is 0 Å². The molecule has 72 heavy (non-hydrogen) atoms. The third-order valence-corrected chi connectivity index (χ3v) is 15.3. The molecular weight excluding hydrogens is 871 g/mol. The van der Waals surface area contributed by atoms with Crippen LogP contribution >= 0.6 is 0 Å². The lowest BCUT2D eigenvalue weighted by Crippen LogP contribution is -2.43. The maximum Gasteiger partial charge on any atom is 0.107 e. The Hall–Kier alpha value is -9.02. The molecule has 3 nitrogen and oxygen atoms in total. The minimum atomic E-state index is -0.109. The molecule has 0 amide bonds. The second-order valence-electron chi connectivity index (χ2n) is 19.3. The summed E-state index contributed by atoms with van der Waals surface area (Å²) in [5.41, 5.74) is 18.2. The highest BCUT2D eigenvalue weighted by Crippen LogP contribution is 2.46. The molecule has 2 atom stereocenters. The summed E-state index contributed by atoms with van der Waals surface area (Å²) in [4.78, 5) is 2.42. The highest BCUT2D eigenvalue weighted by Gasteiger charge is 2.33. The Kier molecular flexibility index (Phi) is 9.97. The van der Waals surface area contributed by atoms with Crippen LogP contribution in [0.5, 0.6) is 0 Å². The van der Waals surface area contributed by atoms with Crippen LogP contribution in [0.25, 0.3) is 104 Å². The standard InChI is InChI=1S/C69H49N3/c1-71-62-32-14-13-26-61(62)68(50-36-34-47(35-37-50)53-43-51(45-18-5-2-6-19-45)42-52(44-53)46-20-7-3-8-21-46)70-69(71)60-31-16-29-58-56(60)28-17-33-63(58)72-64-40-38-49-24-11-12-25-55(49)66(64)67-59-30-15-27-54(48-22-9-4-10-23-48)57(59)39-41-65(67)72/h2-44,68-70H,1H3. The molecule has 0 saturated carbocycles. The normalized spacial score (nSPS) is 14.7. The van der Waals surface area contributed by atoms with Crippen LogP contribution in [0.3, 0.4) is 0 Å². The summed E-state index contributed by atoms with van der Waals surface area (Å²) >= 11 is 0. The SMILES string of the molecule is CN1c2ccccc2C(c2ccc(-c3cc(-c4ccccc4)cc(-c4ccccc4)c3)cc2)NC1c1cccc2c(-n3c4ccc5ccccc5c4c4c5cccc(-c6ccccc6)c5ccc43)cccc12. The number of hydrogen-bond donors (Lipinski definition) is 1. The quantitative estimate of drug-likeness (QED) is 0.172. The molecule has 1 aliphatic rings. The van der Waals surface area contributed by atoms with Crippen LogP contribution in [-0.2, 0) is 0 Å². The van der Waals surface area contributed by atoms with E-state index >= 15 is 0 Å². The van der Waals surface area contributed by atoms with E-state index in [1.165, 1.54) is 127 Å². The molecule has 2 heterocycles. The predicted molar refractivity (Wildman–Crippen MR) is 304 cm³/mol. The average molecular weight is 920 g/mol. The van der Waals surface area contributed by atoms with E-state index in [1.807, 2.05) is 0 Å². The van der Waals surface area contributed by atoms with Gasteiger partial charge in [0, 0.05) is 28.9 Å². The topological polar surface area (TPSA) is 20.2 Å². The maximum atomic E-state index is 4.20. The smallest absolute Gasteiger partial charge is 0.107 e. The van der Waals surface area contributed by atoms with Crippen molar-refractivity contribution < 1.29 is 0 Å². The van der Waals surface area contributed by atoms with Crippen LogP contribution in [0.1, 0.15) is 28.9 Å². The Balaban J connectivity index is 0.890. The van der Waals surface area contributed by atoms with Gasteiger partial charge in [0.25, 0.3) is 0 Å². The molecule has 0 saturated heterocycles. The fourth-order valence-electron chi connectivity index (χ4n) is 11.9. The minimum absolute atomic E-state index is 0.0369. The fraction of sp³-hybridized carbons (Fsp3) is 0.0435. The molecule has 1 aliphatic heterocycles. The van der Waals surface area contributed by atoms with E-state index in [4.69, 9.17) is 0 Å². The molecule has 1 aromatic heterocycles. The zero-order valence-electron chi connectivity index (χ0n) is 39.9. The number of nitrogens with one attached hydrogen (secondary N) is 1. The molecule has 1 N–H and O–H groups in total. The van der Waals surface area contributed by atoms with Crippen molar-refractivity contribution in [2.24, 2.45) is 0 Å².